The van der Waals surface area contributed by atoms with Gasteiger partial charge in [0, 0.05) is 49.5 Å². The molecule has 2 aromatic carbocycles. The molecule has 10 heteroatoms. The van der Waals surface area contributed by atoms with E-state index in [-0.39, 0.29) is 46.6 Å². The van der Waals surface area contributed by atoms with Gasteiger partial charge in [0.25, 0.3) is 5.69 Å². The molecule has 3 N–H and O–H groups in total. The number of ketones is 3. The first-order valence-electron chi connectivity index (χ1n) is 12.2. The number of carbonyl (C=O) groups excluding carboxylic acids is 3. The number of carbonyl (C=O) groups is 3. The van der Waals surface area contributed by atoms with Gasteiger partial charge in [0.1, 0.15) is 17.3 Å². The number of Topliss-reactive ketones (excluding diaryl/α,β-unsaturated/α-hetero) is 3. The quantitative estimate of drug-likeness (QED) is 0.308. The van der Waals surface area contributed by atoms with Crippen LogP contribution in [0.5, 0.6) is 5.75 Å². The third-order valence-corrected chi connectivity index (χ3v) is 7.82. The summed E-state index contributed by atoms with van der Waals surface area (Å²) in [6, 6.07) is 7.43. The minimum atomic E-state index is -1.13. The average Bonchev–Trinajstić information content (AvgIpc) is 2.83. The lowest BCUT2D eigenvalue weighted by Crippen LogP contribution is -2.43. The number of aliphatic hydroxyl groups excluding tert-OH is 2. The molecule has 1 saturated carbocycles. The van der Waals surface area contributed by atoms with Crippen molar-refractivity contribution in [2.45, 2.75) is 26.2 Å². The molecule has 0 spiro atoms. The fourth-order valence-corrected chi connectivity index (χ4v) is 6.21. The molecule has 5 rings (SSSR count). The molecule has 3 unspecified atom stereocenters. The summed E-state index contributed by atoms with van der Waals surface area (Å²) >= 11 is 0. The number of nitro benzene ring substituents is 1. The molecule has 1 fully saturated rings. The second-order valence-corrected chi connectivity index (χ2v) is 10.3. The lowest BCUT2D eigenvalue weighted by Gasteiger charge is -2.41. The number of fused-ring (bicyclic) bond motifs is 3. The number of aliphatic hydroxyl groups is 2. The van der Waals surface area contributed by atoms with E-state index in [0.717, 1.165) is 6.92 Å². The molecule has 3 aliphatic carbocycles. The van der Waals surface area contributed by atoms with Crippen molar-refractivity contribution in [1.29, 1.82) is 0 Å². The predicted octanol–water partition coefficient (Wildman–Crippen LogP) is 4.05. The second-order valence-electron chi connectivity index (χ2n) is 10.3. The number of rotatable bonds is 4. The molecule has 0 amide bonds. The Bertz CT molecular complexity index is 1520. The third-order valence-electron chi connectivity index (χ3n) is 7.82. The topological polar surface area (TPSA) is 158 Å². The lowest BCUT2D eigenvalue weighted by molar-refractivity contribution is -0.384. The van der Waals surface area contributed by atoms with Crippen LogP contribution in [-0.4, -0.2) is 51.7 Å². The number of hydrogen-bond acceptors (Lipinski definition) is 9. The zero-order valence-corrected chi connectivity index (χ0v) is 21.0. The Morgan fingerprint density at radius 3 is 2.45 bits per heavy atom. The molecule has 0 bridgehead atoms. The van der Waals surface area contributed by atoms with Crippen LogP contribution in [0.15, 0.2) is 47.2 Å². The normalized spacial score (nSPS) is 22.6. The van der Waals surface area contributed by atoms with Gasteiger partial charge in [0.05, 0.1) is 22.0 Å². The van der Waals surface area contributed by atoms with Gasteiger partial charge in [0.2, 0.25) is 0 Å². The molecule has 10 nitrogen and oxygen atoms in total. The van der Waals surface area contributed by atoms with Gasteiger partial charge in [-0.05, 0) is 48.8 Å². The molecule has 3 aliphatic rings. The van der Waals surface area contributed by atoms with Gasteiger partial charge in [-0.15, -0.1) is 0 Å². The zero-order valence-electron chi connectivity index (χ0n) is 21.0. The highest BCUT2D eigenvalue weighted by Gasteiger charge is 2.51. The highest BCUT2D eigenvalue weighted by atomic mass is 16.6. The molecule has 0 aromatic heterocycles. The molecule has 0 heterocycles. The van der Waals surface area contributed by atoms with Crippen molar-refractivity contribution in [3.05, 3.63) is 68.5 Å². The first-order chi connectivity index (χ1) is 17.9. The van der Waals surface area contributed by atoms with Crippen LogP contribution in [0.2, 0.25) is 0 Å². The highest BCUT2D eigenvalue weighted by molar-refractivity contribution is 6.22. The Morgan fingerprint density at radius 1 is 1.11 bits per heavy atom. The second kappa shape index (κ2) is 8.83. The number of aromatic hydroxyl groups is 1. The Morgan fingerprint density at radius 2 is 1.82 bits per heavy atom. The highest BCUT2D eigenvalue weighted by Crippen LogP contribution is 2.53. The van der Waals surface area contributed by atoms with E-state index in [1.54, 1.807) is 31.1 Å². The van der Waals surface area contributed by atoms with E-state index in [1.807, 2.05) is 0 Å². The van der Waals surface area contributed by atoms with Crippen molar-refractivity contribution < 1.29 is 34.6 Å². The number of anilines is 1. The summed E-state index contributed by atoms with van der Waals surface area (Å²) in [4.78, 5) is 50.9. The SMILES string of the molecule is CC(=O)C1=C(O)C2C(=O)C3=C(O)c4c(O)c(-c5cccc([N+](=O)[O-])c5)cc(N(C)C)c4CC3CC2CC1=O. The largest absolute Gasteiger partial charge is 0.511 e. The zero-order chi connectivity index (χ0) is 27.6. The minimum Gasteiger partial charge on any atom is -0.511 e. The summed E-state index contributed by atoms with van der Waals surface area (Å²) in [6.45, 7) is 1.16. The standard InChI is InChI=1S/C28H26N2O8/c1-12(31)21-20(32)10-15-7-14-9-18-19(29(2)3)11-17(13-5-4-6-16(8-13)30(37)38)25(33)24(18)28(36)22(14)27(35)23(15)26(21)34/h4-6,8,11,14-15,23,33-34,36H,7,9-10H2,1-3H3. The van der Waals surface area contributed by atoms with Crippen molar-refractivity contribution in [3.63, 3.8) is 0 Å². The Hall–Kier alpha value is -4.47. The summed E-state index contributed by atoms with van der Waals surface area (Å²) in [5, 5.41) is 45.0. The number of non-ortho nitro benzene ring substituents is 1. The van der Waals surface area contributed by atoms with Crippen molar-refractivity contribution in [2.75, 3.05) is 19.0 Å². The third kappa shape index (κ3) is 3.67. The smallest absolute Gasteiger partial charge is 0.270 e. The van der Waals surface area contributed by atoms with Crippen LogP contribution in [0.4, 0.5) is 11.4 Å². The maximum Gasteiger partial charge on any atom is 0.270 e. The van der Waals surface area contributed by atoms with Gasteiger partial charge < -0.3 is 20.2 Å². The van der Waals surface area contributed by atoms with Gasteiger partial charge in [0.15, 0.2) is 17.3 Å². The molecular formula is C28H26N2O8. The Kier molecular flexibility index (Phi) is 5.85. The monoisotopic (exact) mass is 518 g/mol. The van der Waals surface area contributed by atoms with E-state index in [2.05, 4.69) is 0 Å². The number of nitro groups is 1. The van der Waals surface area contributed by atoms with Crippen LogP contribution in [0.3, 0.4) is 0 Å². The number of benzene rings is 2. The summed E-state index contributed by atoms with van der Waals surface area (Å²) < 4.78 is 0. The first kappa shape index (κ1) is 25.2. The van der Waals surface area contributed by atoms with Gasteiger partial charge in [-0.1, -0.05) is 12.1 Å². The summed E-state index contributed by atoms with van der Waals surface area (Å²) in [5.74, 6) is -5.11. The minimum absolute atomic E-state index is 0.0405. The average molecular weight is 519 g/mol. The molecule has 38 heavy (non-hydrogen) atoms. The van der Waals surface area contributed by atoms with Crippen LogP contribution < -0.4 is 4.90 Å². The number of phenolic OH excluding ortho intramolecular Hbond substituents is 1. The van der Waals surface area contributed by atoms with Gasteiger partial charge >= 0.3 is 0 Å². The van der Waals surface area contributed by atoms with Crippen LogP contribution in [0.1, 0.15) is 30.9 Å². The Balaban J connectivity index is 1.72. The summed E-state index contributed by atoms with van der Waals surface area (Å²) in [7, 11) is 3.57. The summed E-state index contributed by atoms with van der Waals surface area (Å²) in [5.41, 5.74) is 1.41. The fourth-order valence-electron chi connectivity index (χ4n) is 6.21. The fraction of sp³-hybridized carbons (Fsp3) is 0.321. The van der Waals surface area contributed by atoms with E-state index in [0.29, 0.717) is 23.2 Å². The number of hydrogen-bond donors (Lipinski definition) is 3. The van der Waals surface area contributed by atoms with Crippen LogP contribution in [-0.2, 0) is 20.8 Å². The number of allylic oxidation sites excluding steroid dienone is 3. The van der Waals surface area contributed by atoms with Gasteiger partial charge in [-0.2, -0.15) is 0 Å². The Labute approximate surface area is 217 Å². The van der Waals surface area contributed by atoms with Crippen LogP contribution in [0, 0.1) is 27.9 Å². The van der Waals surface area contributed by atoms with Crippen molar-refractivity contribution >= 4 is 34.5 Å². The molecule has 3 atom stereocenters. The van der Waals surface area contributed by atoms with Crippen molar-refractivity contribution in [3.8, 4) is 16.9 Å². The van der Waals surface area contributed by atoms with E-state index < -0.39 is 51.5 Å². The predicted molar refractivity (Wildman–Crippen MR) is 138 cm³/mol. The van der Waals surface area contributed by atoms with E-state index in [9.17, 15) is 39.8 Å². The number of phenols is 1. The summed E-state index contributed by atoms with van der Waals surface area (Å²) in [6.07, 6.45) is 0.568. The maximum absolute atomic E-state index is 13.7. The van der Waals surface area contributed by atoms with Crippen LogP contribution >= 0.6 is 0 Å². The molecule has 0 saturated heterocycles. The molecular weight excluding hydrogens is 492 g/mol. The molecule has 196 valence electrons. The van der Waals surface area contributed by atoms with E-state index >= 15 is 0 Å². The maximum atomic E-state index is 13.7. The van der Waals surface area contributed by atoms with Gasteiger partial charge in [-0.25, -0.2) is 0 Å². The lowest BCUT2D eigenvalue weighted by atomic mass is 9.61. The van der Waals surface area contributed by atoms with Crippen molar-refractivity contribution in [1.82, 2.24) is 0 Å². The molecule has 0 radical (unpaired) electrons. The first-order valence-corrected chi connectivity index (χ1v) is 12.2. The van der Waals surface area contributed by atoms with E-state index in [1.165, 1.54) is 18.2 Å². The number of nitrogens with zero attached hydrogens (tertiary/aromatic N) is 2. The molecule has 2 aromatic rings. The van der Waals surface area contributed by atoms with Crippen LogP contribution in [0.25, 0.3) is 16.9 Å². The van der Waals surface area contributed by atoms with Gasteiger partial charge in [-0.3, -0.25) is 24.5 Å². The van der Waals surface area contributed by atoms with Crippen molar-refractivity contribution in [2.24, 2.45) is 17.8 Å². The molecule has 0 aliphatic heterocycles. The van der Waals surface area contributed by atoms with E-state index in [4.69, 9.17) is 0 Å².